The molecular formula is C22H25N3OS. The van der Waals surface area contributed by atoms with Gasteiger partial charge in [0.15, 0.2) is 0 Å². The molecule has 1 fully saturated rings. The van der Waals surface area contributed by atoms with Gasteiger partial charge in [-0.1, -0.05) is 36.4 Å². The number of fused-ring (bicyclic) bond motifs is 3. The summed E-state index contributed by atoms with van der Waals surface area (Å²) in [5.74, 6) is 0. The summed E-state index contributed by atoms with van der Waals surface area (Å²) in [6.07, 6.45) is 2.52. The quantitative estimate of drug-likeness (QED) is 0.652. The molecule has 1 aromatic heterocycles. The minimum atomic E-state index is -0.368. The van der Waals surface area contributed by atoms with Crippen LogP contribution in [-0.4, -0.2) is 35.8 Å². The molecule has 140 valence electrons. The Morgan fingerprint density at radius 1 is 1.11 bits per heavy atom. The summed E-state index contributed by atoms with van der Waals surface area (Å²) in [4.78, 5) is 4.73. The van der Waals surface area contributed by atoms with E-state index in [9.17, 15) is 5.11 Å². The highest BCUT2D eigenvalue weighted by Gasteiger charge is 2.51. The van der Waals surface area contributed by atoms with E-state index in [1.54, 1.807) is 11.3 Å². The average Bonchev–Trinajstić information content (AvgIpc) is 3.22. The molecule has 5 rings (SSSR count). The van der Waals surface area contributed by atoms with Crippen molar-refractivity contribution in [3.05, 3.63) is 64.7 Å². The SMILES string of the molecule is O[C@@H]1[C@@H](NCCc2nc3ccccc3s2)c2ccccc2C12CCNCC2. The number of piperidine rings is 1. The number of hydrogen-bond donors (Lipinski definition) is 3. The van der Waals surface area contributed by atoms with Crippen molar-refractivity contribution in [2.24, 2.45) is 0 Å². The van der Waals surface area contributed by atoms with Crippen LogP contribution in [0.25, 0.3) is 10.2 Å². The second-order valence-electron chi connectivity index (χ2n) is 7.70. The topological polar surface area (TPSA) is 57.2 Å². The first-order valence-corrected chi connectivity index (χ1v) is 10.7. The highest BCUT2D eigenvalue weighted by atomic mass is 32.1. The fourth-order valence-electron chi connectivity index (χ4n) is 4.89. The van der Waals surface area contributed by atoms with Gasteiger partial charge in [-0.2, -0.15) is 0 Å². The molecule has 0 radical (unpaired) electrons. The molecule has 3 N–H and O–H groups in total. The zero-order valence-electron chi connectivity index (χ0n) is 15.3. The number of aliphatic hydroxyl groups excluding tert-OH is 1. The minimum Gasteiger partial charge on any atom is -0.390 e. The third kappa shape index (κ3) is 2.90. The maximum atomic E-state index is 11.3. The van der Waals surface area contributed by atoms with Crippen LogP contribution in [0.5, 0.6) is 0 Å². The van der Waals surface area contributed by atoms with Gasteiger partial charge < -0.3 is 15.7 Å². The van der Waals surface area contributed by atoms with Crippen molar-refractivity contribution >= 4 is 21.6 Å². The molecule has 1 aliphatic carbocycles. The van der Waals surface area contributed by atoms with E-state index in [0.717, 1.165) is 49.4 Å². The van der Waals surface area contributed by atoms with Crippen LogP contribution in [0.1, 0.15) is 35.0 Å². The van der Waals surface area contributed by atoms with E-state index < -0.39 is 0 Å². The van der Waals surface area contributed by atoms with Crippen molar-refractivity contribution in [1.29, 1.82) is 0 Å². The zero-order valence-corrected chi connectivity index (χ0v) is 16.1. The molecule has 4 nitrogen and oxygen atoms in total. The molecule has 1 aliphatic heterocycles. The van der Waals surface area contributed by atoms with Gasteiger partial charge in [-0.05, 0) is 49.2 Å². The number of para-hydroxylation sites is 1. The van der Waals surface area contributed by atoms with Crippen LogP contribution in [0.15, 0.2) is 48.5 Å². The van der Waals surface area contributed by atoms with Crippen LogP contribution in [0.2, 0.25) is 0 Å². The molecule has 27 heavy (non-hydrogen) atoms. The fraction of sp³-hybridized carbons (Fsp3) is 0.409. The summed E-state index contributed by atoms with van der Waals surface area (Å²) in [5.41, 5.74) is 3.60. The predicted octanol–water partition coefficient (Wildman–Crippen LogP) is 3.17. The third-order valence-corrected chi connectivity index (χ3v) is 7.35. The predicted molar refractivity (Wildman–Crippen MR) is 110 cm³/mol. The van der Waals surface area contributed by atoms with Crippen molar-refractivity contribution in [2.45, 2.75) is 36.8 Å². The van der Waals surface area contributed by atoms with Crippen LogP contribution < -0.4 is 10.6 Å². The first-order valence-electron chi connectivity index (χ1n) is 9.84. The maximum absolute atomic E-state index is 11.3. The lowest BCUT2D eigenvalue weighted by molar-refractivity contribution is 0.0445. The minimum absolute atomic E-state index is 0.00804. The summed E-state index contributed by atoms with van der Waals surface area (Å²) in [5, 5.41) is 19.5. The van der Waals surface area contributed by atoms with Gasteiger partial charge in [0.05, 0.1) is 27.4 Å². The second kappa shape index (κ2) is 6.99. The summed E-state index contributed by atoms with van der Waals surface area (Å²) in [7, 11) is 0. The molecule has 0 unspecified atom stereocenters. The van der Waals surface area contributed by atoms with E-state index in [0.29, 0.717) is 0 Å². The summed E-state index contributed by atoms with van der Waals surface area (Å²) in [6, 6.07) is 16.9. The zero-order chi connectivity index (χ0) is 18.3. The van der Waals surface area contributed by atoms with Crippen LogP contribution in [-0.2, 0) is 11.8 Å². The molecule has 0 amide bonds. The van der Waals surface area contributed by atoms with Gasteiger partial charge in [-0.25, -0.2) is 4.98 Å². The van der Waals surface area contributed by atoms with Crippen LogP contribution in [0, 0.1) is 0 Å². The summed E-state index contributed by atoms with van der Waals surface area (Å²) in [6.45, 7) is 2.78. The number of rotatable bonds is 4. The molecule has 2 aliphatic rings. The number of hydrogen-bond acceptors (Lipinski definition) is 5. The van der Waals surface area contributed by atoms with Crippen LogP contribution >= 0.6 is 11.3 Å². The van der Waals surface area contributed by atoms with E-state index in [1.807, 2.05) is 6.07 Å². The van der Waals surface area contributed by atoms with E-state index in [1.165, 1.54) is 15.8 Å². The van der Waals surface area contributed by atoms with Crippen molar-refractivity contribution in [2.75, 3.05) is 19.6 Å². The Bertz CT molecular complexity index is 914. The monoisotopic (exact) mass is 379 g/mol. The normalized spacial score (nSPS) is 23.7. The van der Waals surface area contributed by atoms with Gasteiger partial charge >= 0.3 is 0 Å². The van der Waals surface area contributed by atoms with Crippen molar-refractivity contribution in [3.8, 4) is 0 Å². The van der Waals surface area contributed by atoms with Gasteiger partial charge in [-0.3, -0.25) is 0 Å². The molecule has 1 saturated heterocycles. The lowest BCUT2D eigenvalue weighted by Crippen LogP contribution is -2.48. The Morgan fingerprint density at radius 2 is 1.89 bits per heavy atom. The first-order chi connectivity index (χ1) is 13.3. The second-order valence-corrected chi connectivity index (χ2v) is 8.81. The summed E-state index contributed by atoms with van der Waals surface area (Å²) >= 11 is 1.77. The molecule has 0 bridgehead atoms. The van der Waals surface area contributed by atoms with Gasteiger partial charge in [0.25, 0.3) is 0 Å². The number of aromatic nitrogens is 1. The Morgan fingerprint density at radius 3 is 2.74 bits per heavy atom. The molecule has 5 heteroatoms. The molecular weight excluding hydrogens is 354 g/mol. The Hall–Kier alpha value is -1.79. The van der Waals surface area contributed by atoms with Gasteiger partial charge in [-0.15, -0.1) is 11.3 Å². The Kier molecular flexibility index (Phi) is 4.48. The Balaban J connectivity index is 1.34. The summed E-state index contributed by atoms with van der Waals surface area (Å²) < 4.78 is 1.24. The average molecular weight is 380 g/mol. The number of thiazole rings is 1. The Labute approximate surface area is 163 Å². The number of aliphatic hydroxyl groups is 1. The van der Waals surface area contributed by atoms with E-state index >= 15 is 0 Å². The van der Waals surface area contributed by atoms with Crippen molar-refractivity contribution < 1.29 is 5.11 Å². The molecule has 3 aromatic rings. The van der Waals surface area contributed by atoms with E-state index in [4.69, 9.17) is 4.98 Å². The van der Waals surface area contributed by atoms with Crippen molar-refractivity contribution in [1.82, 2.24) is 15.6 Å². The van der Waals surface area contributed by atoms with E-state index in [2.05, 4.69) is 53.1 Å². The highest BCUT2D eigenvalue weighted by Crippen LogP contribution is 2.49. The van der Waals surface area contributed by atoms with E-state index in [-0.39, 0.29) is 17.6 Å². The van der Waals surface area contributed by atoms with Gasteiger partial charge in [0, 0.05) is 18.4 Å². The lowest BCUT2D eigenvalue weighted by atomic mass is 9.72. The number of nitrogens with one attached hydrogen (secondary N) is 2. The molecule has 2 heterocycles. The largest absolute Gasteiger partial charge is 0.390 e. The van der Waals surface area contributed by atoms with Crippen LogP contribution in [0.4, 0.5) is 0 Å². The number of nitrogens with zero attached hydrogens (tertiary/aromatic N) is 1. The first kappa shape index (κ1) is 17.3. The highest BCUT2D eigenvalue weighted by molar-refractivity contribution is 7.18. The molecule has 2 atom stereocenters. The van der Waals surface area contributed by atoms with Gasteiger partial charge in [0.1, 0.15) is 0 Å². The standard InChI is InChI=1S/C22H25N3OS/c26-21-20(24-12-9-19-25-17-7-3-4-8-18(17)27-19)15-5-1-2-6-16(15)22(21)10-13-23-14-11-22/h1-8,20-21,23-24,26H,9-14H2/t20-,21+/m0/s1. The fourth-order valence-corrected chi connectivity index (χ4v) is 5.86. The molecule has 0 saturated carbocycles. The van der Waals surface area contributed by atoms with Crippen LogP contribution in [0.3, 0.4) is 0 Å². The molecule has 2 aromatic carbocycles. The lowest BCUT2D eigenvalue weighted by Gasteiger charge is -2.39. The maximum Gasteiger partial charge on any atom is 0.0951 e. The van der Waals surface area contributed by atoms with Gasteiger partial charge in [0.2, 0.25) is 0 Å². The number of benzene rings is 2. The third-order valence-electron chi connectivity index (χ3n) is 6.25. The smallest absolute Gasteiger partial charge is 0.0951 e. The molecule has 1 spiro atoms. The van der Waals surface area contributed by atoms with Crippen molar-refractivity contribution in [3.63, 3.8) is 0 Å².